The van der Waals surface area contributed by atoms with Crippen LogP contribution in [0, 0.1) is 0 Å². The quantitative estimate of drug-likeness (QED) is 0.617. The van der Waals surface area contributed by atoms with Gasteiger partial charge in [0.1, 0.15) is 0 Å². The molecule has 0 aromatic carbocycles. The molecule has 0 atom stereocenters. The van der Waals surface area contributed by atoms with Crippen LogP contribution >= 0.6 is 0 Å². The lowest BCUT2D eigenvalue weighted by molar-refractivity contribution is 0.00407. The third-order valence-corrected chi connectivity index (χ3v) is 4.74. The van der Waals surface area contributed by atoms with Gasteiger partial charge in [0.05, 0.1) is 0 Å². The Morgan fingerprint density at radius 2 is 0.857 bits per heavy atom. The van der Waals surface area contributed by atoms with Crippen LogP contribution in [0.4, 0.5) is 0 Å². The molecule has 0 N–H and O–H groups in total. The van der Waals surface area contributed by atoms with Crippen molar-refractivity contribution in [1.82, 2.24) is 4.90 Å². The molecule has 0 aromatic rings. The first-order valence-electron chi connectivity index (χ1n) is 6.72. The predicted molar refractivity (Wildman–Crippen MR) is 59.4 cm³/mol. The van der Waals surface area contributed by atoms with E-state index in [9.17, 15) is 0 Å². The van der Waals surface area contributed by atoms with Crippen LogP contribution in [0.15, 0.2) is 0 Å². The molecule has 0 amide bonds. The Kier molecular flexibility index (Phi) is 2.53. The van der Waals surface area contributed by atoms with E-state index in [1.807, 2.05) is 0 Å². The summed E-state index contributed by atoms with van der Waals surface area (Å²) in [5.41, 5.74) is 0. The van der Waals surface area contributed by atoms with Gasteiger partial charge in [-0.25, -0.2) is 0 Å². The van der Waals surface area contributed by atoms with Gasteiger partial charge in [0, 0.05) is 18.1 Å². The molecule has 0 unspecified atom stereocenters. The summed E-state index contributed by atoms with van der Waals surface area (Å²) >= 11 is 0. The first-order chi connectivity index (χ1) is 6.95. The fourth-order valence-corrected chi connectivity index (χ4v) is 4.16. The lowest BCUT2D eigenvalue weighted by Crippen LogP contribution is -2.53. The number of rotatable bonds is 1. The summed E-state index contributed by atoms with van der Waals surface area (Å²) in [7, 11) is 0. The fraction of sp³-hybridized carbons (Fsp3) is 1.00. The van der Waals surface area contributed by atoms with Gasteiger partial charge in [-0.05, 0) is 38.5 Å². The Balaban J connectivity index is 1.75. The minimum atomic E-state index is 0.991. The van der Waals surface area contributed by atoms with Crippen LogP contribution in [0.3, 0.4) is 0 Å². The Morgan fingerprint density at radius 3 is 1.29 bits per heavy atom. The molecule has 3 fully saturated rings. The zero-order valence-corrected chi connectivity index (χ0v) is 9.25. The zero-order chi connectivity index (χ0) is 9.38. The lowest BCUT2D eigenvalue weighted by Gasteiger charge is -2.49. The lowest BCUT2D eigenvalue weighted by atomic mass is 9.83. The first-order valence-corrected chi connectivity index (χ1v) is 6.72. The molecule has 1 nitrogen and oxygen atoms in total. The number of nitrogens with zero attached hydrogens (tertiary/aromatic N) is 1. The van der Waals surface area contributed by atoms with Gasteiger partial charge in [0.15, 0.2) is 0 Å². The molecule has 0 radical (unpaired) electrons. The van der Waals surface area contributed by atoms with Crippen LogP contribution in [0.25, 0.3) is 0 Å². The maximum Gasteiger partial charge on any atom is 0.0101 e. The van der Waals surface area contributed by atoms with Gasteiger partial charge in [-0.1, -0.05) is 25.7 Å². The highest BCUT2D eigenvalue weighted by atomic mass is 15.2. The first kappa shape index (κ1) is 9.21. The molecular weight excluding hydrogens is 170 g/mol. The average molecular weight is 193 g/mol. The molecule has 1 saturated carbocycles. The van der Waals surface area contributed by atoms with Crippen molar-refractivity contribution < 1.29 is 0 Å². The summed E-state index contributed by atoms with van der Waals surface area (Å²) in [6.07, 6.45) is 15.1. The Hall–Kier alpha value is -0.0400. The summed E-state index contributed by atoms with van der Waals surface area (Å²) < 4.78 is 0. The normalized spacial score (nSPS) is 40.3. The van der Waals surface area contributed by atoms with E-state index in [4.69, 9.17) is 0 Å². The summed E-state index contributed by atoms with van der Waals surface area (Å²) in [6, 6.07) is 2.97. The number of hydrogen-bond donors (Lipinski definition) is 0. The highest BCUT2D eigenvalue weighted by molar-refractivity contribution is 4.94. The summed E-state index contributed by atoms with van der Waals surface area (Å²) in [4.78, 5) is 2.96. The molecule has 3 rings (SSSR count). The van der Waals surface area contributed by atoms with E-state index in [0.29, 0.717) is 0 Å². The van der Waals surface area contributed by atoms with Gasteiger partial charge >= 0.3 is 0 Å². The molecule has 0 spiro atoms. The van der Waals surface area contributed by atoms with Crippen molar-refractivity contribution in [3.8, 4) is 0 Å². The summed E-state index contributed by atoms with van der Waals surface area (Å²) in [5, 5.41) is 0. The second-order valence-corrected chi connectivity index (χ2v) is 5.55. The van der Waals surface area contributed by atoms with Crippen LogP contribution in [0.1, 0.15) is 64.2 Å². The highest BCUT2D eigenvalue weighted by Crippen LogP contribution is 2.39. The predicted octanol–water partition coefficient (Wildman–Crippen LogP) is 3.34. The molecule has 14 heavy (non-hydrogen) atoms. The van der Waals surface area contributed by atoms with E-state index in [-0.39, 0.29) is 0 Å². The van der Waals surface area contributed by atoms with Crippen molar-refractivity contribution in [1.29, 1.82) is 0 Å². The molecular formula is C13H23N. The smallest absolute Gasteiger partial charge is 0.0101 e. The van der Waals surface area contributed by atoms with Crippen LogP contribution < -0.4 is 0 Å². The van der Waals surface area contributed by atoms with Crippen molar-refractivity contribution in [2.45, 2.75) is 82.3 Å². The van der Waals surface area contributed by atoms with Crippen molar-refractivity contribution in [2.24, 2.45) is 0 Å². The molecule has 2 aliphatic heterocycles. The molecule has 1 heteroatoms. The SMILES string of the molecule is C1CCC(N2C3CCCC2CCC3)C1. The standard InChI is InChI=1S/C13H23N/c1-2-6-11(5-1)14-12-7-3-8-13(14)10-4-9-12/h11-13H,1-10H2. The molecule has 80 valence electrons. The highest BCUT2D eigenvalue weighted by Gasteiger charge is 2.38. The van der Waals surface area contributed by atoms with Crippen molar-refractivity contribution in [3.05, 3.63) is 0 Å². The Morgan fingerprint density at radius 1 is 0.500 bits per heavy atom. The molecule has 2 heterocycles. The number of fused-ring (bicyclic) bond motifs is 2. The molecule has 1 aliphatic carbocycles. The average Bonchev–Trinajstić information content (AvgIpc) is 2.69. The van der Waals surface area contributed by atoms with Gasteiger partial charge in [0.25, 0.3) is 0 Å². The van der Waals surface area contributed by atoms with E-state index in [2.05, 4.69) is 4.90 Å². The maximum absolute atomic E-state index is 2.96. The maximum atomic E-state index is 2.96. The van der Waals surface area contributed by atoms with Crippen LogP contribution in [-0.2, 0) is 0 Å². The fourth-order valence-electron chi connectivity index (χ4n) is 4.16. The second kappa shape index (κ2) is 3.84. The van der Waals surface area contributed by atoms with Crippen LogP contribution in [0.2, 0.25) is 0 Å². The van der Waals surface area contributed by atoms with Gasteiger partial charge in [0.2, 0.25) is 0 Å². The topological polar surface area (TPSA) is 3.24 Å². The third-order valence-electron chi connectivity index (χ3n) is 4.74. The minimum Gasteiger partial charge on any atom is -0.294 e. The monoisotopic (exact) mass is 193 g/mol. The number of piperidine rings is 2. The summed E-state index contributed by atoms with van der Waals surface area (Å²) in [6.45, 7) is 0. The van der Waals surface area contributed by atoms with E-state index in [1.165, 1.54) is 64.2 Å². The van der Waals surface area contributed by atoms with E-state index in [0.717, 1.165) is 18.1 Å². The van der Waals surface area contributed by atoms with Crippen molar-refractivity contribution in [3.63, 3.8) is 0 Å². The van der Waals surface area contributed by atoms with Gasteiger partial charge < -0.3 is 0 Å². The second-order valence-electron chi connectivity index (χ2n) is 5.55. The van der Waals surface area contributed by atoms with Gasteiger partial charge in [-0.2, -0.15) is 0 Å². The van der Waals surface area contributed by atoms with Gasteiger partial charge in [-0.15, -0.1) is 0 Å². The molecule has 3 aliphatic rings. The summed E-state index contributed by atoms with van der Waals surface area (Å²) in [5.74, 6) is 0. The van der Waals surface area contributed by atoms with E-state index < -0.39 is 0 Å². The molecule has 2 saturated heterocycles. The third kappa shape index (κ3) is 1.50. The van der Waals surface area contributed by atoms with Crippen LogP contribution in [-0.4, -0.2) is 23.0 Å². The van der Waals surface area contributed by atoms with Crippen molar-refractivity contribution >= 4 is 0 Å². The molecule has 2 bridgehead atoms. The Labute approximate surface area is 87.9 Å². The minimum absolute atomic E-state index is 0.991. The molecule has 0 aromatic heterocycles. The van der Waals surface area contributed by atoms with Crippen LogP contribution in [0.5, 0.6) is 0 Å². The number of hydrogen-bond acceptors (Lipinski definition) is 1. The van der Waals surface area contributed by atoms with Gasteiger partial charge in [-0.3, -0.25) is 4.90 Å². The van der Waals surface area contributed by atoms with E-state index in [1.54, 1.807) is 0 Å². The Bertz CT molecular complexity index is 171. The zero-order valence-electron chi connectivity index (χ0n) is 9.25. The van der Waals surface area contributed by atoms with E-state index >= 15 is 0 Å². The van der Waals surface area contributed by atoms with Crippen molar-refractivity contribution in [2.75, 3.05) is 0 Å². The largest absolute Gasteiger partial charge is 0.294 e.